The van der Waals surface area contributed by atoms with Crippen LogP contribution in [0.3, 0.4) is 0 Å². The van der Waals surface area contributed by atoms with E-state index in [1.165, 1.54) is 0 Å². The van der Waals surface area contributed by atoms with E-state index in [4.69, 9.17) is 0 Å². The molecule has 29 heavy (non-hydrogen) atoms. The number of amides is 1. The lowest BCUT2D eigenvalue weighted by Gasteiger charge is -2.25. The molecule has 1 aliphatic heterocycles. The molecule has 0 radical (unpaired) electrons. The number of carbonyl (C=O) groups excluding carboxylic acids is 1. The first-order chi connectivity index (χ1) is 13.9. The van der Waals surface area contributed by atoms with Gasteiger partial charge in [-0.1, -0.05) is 26.0 Å². The van der Waals surface area contributed by atoms with Gasteiger partial charge in [0.05, 0.1) is 11.0 Å². The number of imidazole rings is 1. The van der Waals surface area contributed by atoms with Crippen LogP contribution in [0.5, 0.6) is 0 Å². The molecule has 0 aliphatic carbocycles. The van der Waals surface area contributed by atoms with E-state index in [2.05, 4.69) is 34.4 Å². The van der Waals surface area contributed by atoms with Crippen LogP contribution >= 0.6 is 0 Å². The first kappa shape index (κ1) is 19.6. The molecule has 5 heteroatoms. The Morgan fingerprint density at radius 2 is 1.90 bits per heavy atom. The molecule has 0 bridgehead atoms. The van der Waals surface area contributed by atoms with Crippen LogP contribution < -0.4 is 0 Å². The summed E-state index contributed by atoms with van der Waals surface area (Å²) in [6.45, 7) is 9.65. The topological polar surface area (TPSA) is 41.4 Å². The Balaban J connectivity index is 1.50. The molecule has 3 aromatic rings. The highest BCUT2D eigenvalue weighted by atomic mass is 16.2. The summed E-state index contributed by atoms with van der Waals surface area (Å²) in [5.41, 5.74) is 3.83. The third kappa shape index (κ3) is 3.92. The lowest BCUT2D eigenvalue weighted by Crippen LogP contribution is -2.39. The molecule has 5 nitrogen and oxygen atoms in total. The van der Waals surface area contributed by atoms with E-state index >= 15 is 0 Å². The molecule has 1 saturated heterocycles. The highest BCUT2D eigenvalue weighted by Crippen LogP contribution is 2.22. The molecule has 1 unspecified atom stereocenters. The third-order valence-electron chi connectivity index (χ3n) is 5.84. The van der Waals surface area contributed by atoms with Crippen molar-refractivity contribution in [3.63, 3.8) is 0 Å². The van der Waals surface area contributed by atoms with Gasteiger partial charge in [0.15, 0.2) is 0 Å². The Hall–Kier alpha value is -2.66. The number of rotatable bonds is 5. The fourth-order valence-electron chi connectivity index (χ4n) is 4.41. The Kier molecular flexibility index (Phi) is 5.41. The Morgan fingerprint density at radius 3 is 2.62 bits per heavy atom. The maximum absolute atomic E-state index is 13.0. The Bertz CT molecular complexity index is 1010. The average Bonchev–Trinajstić information content (AvgIpc) is 3.30. The zero-order valence-corrected chi connectivity index (χ0v) is 17.8. The van der Waals surface area contributed by atoms with Gasteiger partial charge < -0.3 is 9.80 Å². The number of carbonyl (C=O) groups is 1. The summed E-state index contributed by atoms with van der Waals surface area (Å²) in [5.74, 6) is 1.70. The van der Waals surface area contributed by atoms with E-state index < -0.39 is 0 Å². The van der Waals surface area contributed by atoms with E-state index in [1.807, 2.05) is 61.3 Å². The number of aromatic nitrogens is 2. The van der Waals surface area contributed by atoms with Crippen molar-refractivity contribution in [3.8, 4) is 5.69 Å². The molecular formula is C24H30N4O. The largest absolute Gasteiger partial charge is 0.337 e. The summed E-state index contributed by atoms with van der Waals surface area (Å²) in [4.78, 5) is 22.1. The summed E-state index contributed by atoms with van der Waals surface area (Å²) < 4.78 is 2.13. The number of benzene rings is 2. The van der Waals surface area contributed by atoms with Gasteiger partial charge in [0.2, 0.25) is 0 Å². The number of likely N-dealkylation sites (N-methyl/N-ethyl adjacent to an activating group) is 1. The molecule has 2 heterocycles. The van der Waals surface area contributed by atoms with Crippen molar-refractivity contribution in [3.05, 3.63) is 59.9 Å². The number of nitrogens with zero attached hydrogens (tertiary/aromatic N) is 4. The van der Waals surface area contributed by atoms with Gasteiger partial charge >= 0.3 is 0 Å². The van der Waals surface area contributed by atoms with Crippen molar-refractivity contribution < 1.29 is 4.79 Å². The predicted molar refractivity (Wildman–Crippen MR) is 118 cm³/mol. The predicted octanol–water partition coefficient (Wildman–Crippen LogP) is 4.14. The van der Waals surface area contributed by atoms with Crippen molar-refractivity contribution in [2.45, 2.75) is 33.2 Å². The Labute approximate surface area is 172 Å². The minimum Gasteiger partial charge on any atom is -0.337 e. The van der Waals surface area contributed by atoms with Crippen LogP contribution in [0, 0.1) is 12.8 Å². The molecule has 0 spiro atoms. The SMILES string of the molecule is Cc1nc2ccccc2n1-c1ccc(C(=O)N(C)C2CCN(CC(C)C)C2)cc1. The molecule has 4 rings (SSSR count). The van der Waals surface area contributed by atoms with Gasteiger partial charge in [-0.3, -0.25) is 9.36 Å². The summed E-state index contributed by atoms with van der Waals surface area (Å²) >= 11 is 0. The highest BCUT2D eigenvalue weighted by Gasteiger charge is 2.29. The van der Waals surface area contributed by atoms with Gasteiger partial charge in [-0.05, 0) is 55.7 Å². The van der Waals surface area contributed by atoms with Crippen LogP contribution in [0.1, 0.15) is 36.5 Å². The molecule has 2 aromatic carbocycles. The zero-order valence-electron chi connectivity index (χ0n) is 17.8. The number of para-hydroxylation sites is 2. The minimum absolute atomic E-state index is 0.0974. The van der Waals surface area contributed by atoms with Crippen molar-refractivity contribution in [2.24, 2.45) is 5.92 Å². The zero-order chi connectivity index (χ0) is 20.5. The first-order valence-corrected chi connectivity index (χ1v) is 10.5. The second-order valence-electron chi connectivity index (χ2n) is 8.54. The van der Waals surface area contributed by atoms with Crippen LogP contribution in [-0.2, 0) is 0 Å². The van der Waals surface area contributed by atoms with E-state index in [1.54, 1.807) is 0 Å². The Morgan fingerprint density at radius 1 is 1.17 bits per heavy atom. The normalized spacial score (nSPS) is 17.3. The number of likely N-dealkylation sites (tertiary alicyclic amines) is 1. The van der Waals surface area contributed by atoms with E-state index in [0.29, 0.717) is 12.0 Å². The van der Waals surface area contributed by atoms with E-state index in [9.17, 15) is 4.79 Å². The molecule has 0 saturated carbocycles. The number of aryl methyl sites for hydroxylation is 1. The fourth-order valence-corrected chi connectivity index (χ4v) is 4.41. The van der Waals surface area contributed by atoms with Crippen LogP contribution in [0.25, 0.3) is 16.7 Å². The number of hydrogen-bond donors (Lipinski definition) is 0. The molecule has 152 valence electrons. The average molecular weight is 391 g/mol. The highest BCUT2D eigenvalue weighted by molar-refractivity contribution is 5.94. The van der Waals surface area contributed by atoms with Crippen molar-refractivity contribution in [1.82, 2.24) is 19.4 Å². The van der Waals surface area contributed by atoms with Gasteiger partial charge in [-0.15, -0.1) is 0 Å². The summed E-state index contributed by atoms with van der Waals surface area (Å²) in [5, 5.41) is 0. The molecule has 1 aliphatic rings. The summed E-state index contributed by atoms with van der Waals surface area (Å²) in [6.07, 6.45) is 1.05. The molecule has 1 fully saturated rings. The maximum Gasteiger partial charge on any atom is 0.253 e. The van der Waals surface area contributed by atoms with Crippen molar-refractivity contribution in [1.29, 1.82) is 0 Å². The number of fused-ring (bicyclic) bond motifs is 1. The van der Waals surface area contributed by atoms with E-state index in [0.717, 1.165) is 54.2 Å². The van der Waals surface area contributed by atoms with Crippen molar-refractivity contribution >= 4 is 16.9 Å². The molecule has 0 N–H and O–H groups in total. The van der Waals surface area contributed by atoms with E-state index in [-0.39, 0.29) is 5.91 Å². The second-order valence-corrected chi connectivity index (χ2v) is 8.54. The monoisotopic (exact) mass is 390 g/mol. The summed E-state index contributed by atoms with van der Waals surface area (Å²) in [6, 6.07) is 16.3. The van der Waals surface area contributed by atoms with Crippen LogP contribution in [0.4, 0.5) is 0 Å². The fraction of sp³-hybridized carbons (Fsp3) is 0.417. The molecule has 1 aromatic heterocycles. The smallest absolute Gasteiger partial charge is 0.253 e. The molecule has 1 amide bonds. The standard InChI is InChI=1S/C24H30N4O/c1-17(2)15-27-14-13-21(16-27)26(4)24(29)19-9-11-20(12-10-19)28-18(3)25-22-7-5-6-8-23(22)28/h5-12,17,21H,13-16H2,1-4H3. The van der Waals surface area contributed by atoms with Crippen LogP contribution in [-0.4, -0.2) is 58.0 Å². The van der Waals surface area contributed by atoms with Gasteiger partial charge in [0.1, 0.15) is 5.82 Å². The minimum atomic E-state index is 0.0974. The first-order valence-electron chi connectivity index (χ1n) is 10.5. The third-order valence-corrected chi connectivity index (χ3v) is 5.84. The molecule has 1 atom stereocenters. The van der Waals surface area contributed by atoms with Crippen molar-refractivity contribution in [2.75, 3.05) is 26.7 Å². The number of hydrogen-bond acceptors (Lipinski definition) is 3. The lowest BCUT2D eigenvalue weighted by molar-refractivity contribution is 0.0734. The second kappa shape index (κ2) is 7.99. The lowest BCUT2D eigenvalue weighted by atomic mass is 10.1. The van der Waals surface area contributed by atoms with Gasteiger partial charge in [0, 0.05) is 44.0 Å². The van der Waals surface area contributed by atoms with Crippen LogP contribution in [0.2, 0.25) is 0 Å². The van der Waals surface area contributed by atoms with Gasteiger partial charge in [-0.25, -0.2) is 4.98 Å². The van der Waals surface area contributed by atoms with Crippen LogP contribution in [0.15, 0.2) is 48.5 Å². The quantitative estimate of drug-likeness (QED) is 0.658. The molecular weight excluding hydrogens is 360 g/mol. The summed E-state index contributed by atoms with van der Waals surface area (Å²) in [7, 11) is 1.94. The van der Waals surface area contributed by atoms with Gasteiger partial charge in [0.25, 0.3) is 5.91 Å². The maximum atomic E-state index is 13.0. The van der Waals surface area contributed by atoms with Gasteiger partial charge in [-0.2, -0.15) is 0 Å².